The van der Waals surface area contributed by atoms with Crippen LogP contribution in [0.15, 0.2) is 18.2 Å². The first-order valence-electron chi connectivity index (χ1n) is 6.52. The van der Waals surface area contributed by atoms with Crippen molar-refractivity contribution in [3.05, 3.63) is 29.3 Å². The molecule has 0 radical (unpaired) electrons. The van der Waals surface area contributed by atoms with Gasteiger partial charge in [-0.1, -0.05) is 6.07 Å². The maximum absolute atomic E-state index is 9.04. The Bertz CT molecular complexity index is 464. The molecule has 0 spiro atoms. The van der Waals surface area contributed by atoms with Crippen LogP contribution >= 0.6 is 0 Å². The second-order valence-corrected chi connectivity index (χ2v) is 5.08. The molecule has 0 fully saturated rings. The second kappa shape index (κ2) is 5.41. The van der Waals surface area contributed by atoms with Crippen molar-refractivity contribution in [2.24, 2.45) is 0 Å². The van der Waals surface area contributed by atoms with Crippen LogP contribution in [0.4, 0.5) is 0 Å². The summed E-state index contributed by atoms with van der Waals surface area (Å²) in [7, 11) is 1.80. The third-order valence-electron chi connectivity index (χ3n) is 3.74. The van der Waals surface area contributed by atoms with Crippen LogP contribution in [0.5, 0.6) is 5.75 Å². The fraction of sp³-hybridized carbons (Fsp3) is 0.533. The Hall–Kier alpha value is -1.53. The Labute approximate surface area is 109 Å². The van der Waals surface area contributed by atoms with Crippen LogP contribution < -0.4 is 10.1 Å². The summed E-state index contributed by atoms with van der Waals surface area (Å²) in [4.78, 5) is 0. The molecule has 1 atom stereocenters. The lowest BCUT2D eigenvalue weighted by Crippen LogP contribution is -2.39. The van der Waals surface area contributed by atoms with E-state index in [1.807, 2.05) is 13.0 Å². The van der Waals surface area contributed by atoms with Crippen molar-refractivity contribution in [3.8, 4) is 11.8 Å². The number of hydrogen-bond donors (Lipinski definition) is 1. The first-order valence-corrected chi connectivity index (χ1v) is 6.52. The quantitative estimate of drug-likeness (QED) is 0.865. The molecule has 2 rings (SSSR count). The van der Waals surface area contributed by atoms with E-state index in [1.165, 1.54) is 30.4 Å². The molecular formula is C15H20N2O. The average molecular weight is 244 g/mol. The third kappa shape index (κ3) is 2.83. The fourth-order valence-electron chi connectivity index (χ4n) is 2.25. The zero-order valence-electron chi connectivity index (χ0n) is 11.1. The van der Waals surface area contributed by atoms with E-state index in [1.54, 1.807) is 7.05 Å². The zero-order chi connectivity index (χ0) is 13.0. The van der Waals surface area contributed by atoms with Gasteiger partial charge in [0.1, 0.15) is 11.3 Å². The molecule has 1 aliphatic carbocycles. The summed E-state index contributed by atoms with van der Waals surface area (Å²) >= 11 is 0. The molecule has 3 nitrogen and oxygen atoms in total. The smallest absolute Gasteiger partial charge is 0.119 e. The molecule has 0 aromatic heterocycles. The van der Waals surface area contributed by atoms with Gasteiger partial charge < -0.3 is 10.1 Å². The number of nitrogens with zero attached hydrogens (tertiary/aromatic N) is 1. The van der Waals surface area contributed by atoms with E-state index in [9.17, 15) is 0 Å². The second-order valence-electron chi connectivity index (χ2n) is 5.08. The van der Waals surface area contributed by atoms with Crippen LogP contribution in [0.3, 0.4) is 0 Å². The van der Waals surface area contributed by atoms with Crippen molar-refractivity contribution >= 4 is 0 Å². The summed E-state index contributed by atoms with van der Waals surface area (Å²) in [6.45, 7) is 2.45. The molecule has 1 aromatic rings. The number of fused-ring (bicyclic) bond motifs is 1. The van der Waals surface area contributed by atoms with Gasteiger partial charge in [0.05, 0.1) is 12.7 Å². The van der Waals surface area contributed by atoms with Gasteiger partial charge in [-0.15, -0.1) is 0 Å². The van der Waals surface area contributed by atoms with Gasteiger partial charge >= 0.3 is 0 Å². The van der Waals surface area contributed by atoms with Gasteiger partial charge in [0.25, 0.3) is 0 Å². The van der Waals surface area contributed by atoms with E-state index in [0.29, 0.717) is 13.0 Å². The van der Waals surface area contributed by atoms with Crippen LogP contribution in [-0.2, 0) is 12.8 Å². The highest BCUT2D eigenvalue weighted by molar-refractivity contribution is 5.38. The molecule has 0 bridgehead atoms. The monoisotopic (exact) mass is 244 g/mol. The first kappa shape index (κ1) is 12.9. The van der Waals surface area contributed by atoms with Gasteiger partial charge in [0.2, 0.25) is 0 Å². The Morgan fingerprint density at radius 3 is 2.89 bits per heavy atom. The minimum atomic E-state index is -0.503. The molecule has 1 N–H and O–H groups in total. The molecule has 3 heteroatoms. The number of benzene rings is 1. The standard InChI is InChI=1S/C15H20N2O/c1-15(11-16,17-2)8-9-18-14-7-6-12-4-3-5-13(12)10-14/h6-7,10,17H,3-5,8-9H2,1-2H3. The lowest BCUT2D eigenvalue weighted by Gasteiger charge is -2.20. The summed E-state index contributed by atoms with van der Waals surface area (Å²) in [5.74, 6) is 0.923. The molecule has 1 unspecified atom stereocenters. The van der Waals surface area contributed by atoms with E-state index in [-0.39, 0.29) is 0 Å². The van der Waals surface area contributed by atoms with Gasteiger partial charge in [-0.3, -0.25) is 0 Å². The van der Waals surface area contributed by atoms with Gasteiger partial charge in [-0.25, -0.2) is 0 Å². The Morgan fingerprint density at radius 2 is 2.17 bits per heavy atom. The highest BCUT2D eigenvalue weighted by atomic mass is 16.5. The molecule has 0 saturated heterocycles. The number of ether oxygens (including phenoxy) is 1. The minimum absolute atomic E-state index is 0.503. The number of aryl methyl sites for hydroxylation is 2. The highest BCUT2D eigenvalue weighted by Gasteiger charge is 2.20. The van der Waals surface area contributed by atoms with Crippen molar-refractivity contribution in [3.63, 3.8) is 0 Å². The lowest BCUT2D eigenvalue weighted by molar-refractivity contribution is 0.272. The van der Waals surface area contributed by atoms with Crippen LogP contribution in [0, 0.1) is 11.3 Å². The fourth-order valence-corrected chi connectivity index (χ4v) is 2.25. The first-order chi connectivity index (χ1) is 8.67. The van der Waals surface area contributed by atoms with E-state index < -0.39 is 5.54 Å². The molecule has 18 heavy (non-hydrogen) atoms. The van der Waals surface area contributed by atoms with Gasteiger partial charge in [-0.2, -0.15) is 5.26 Å². The SMILES string of the molecule is CNC(C)(C#N)CCOc1ccc2c(c1)CCC2. The Morgan fingerprint density at radius 1 is 1.39 bits per heavy atom. The number of hydrogen-bond acceptors (Lipinski definition) is 3. The van der Waals surface area contributed by atoms with Crippen molar-refractivity contribution < 1.29 is 4.74 Å². The number of rotatable bonds is 5. The molecule has 96 valence electrons. The highest BCUT2D eigenvalue weighted by Crippen LogP contribution is 2.26. The zero-order valence-corrected chi connectivity index (χ0v) is 11.1. The summed E-state index contributed by atoms with van der Waals surface area (Å²) in [5, 5.41) is 12.1. The number of nitriles is 1. The maximum atomic E-state index is 9.04. The maximum Gasteiger partial charge on any atom is 0.119 e. The van der Waals surface area contributed by atoms with Crippen LogP contribution in [0.25, 0.3) is 0 Å². The predicted octanol–water partition coefficient (Wildman–Crippen LogP) is 2.45. The van der Waals surface area contributed by atoms with Gasteiger partial charge in [-0.05, 0) is 56.5 Å². The van der Waals surface area contributed by atoms with E-state index in [2.05, 4.69) is 23.5 Å². The van der Waals surface area contributed by atoms with Crippen LogP contribution in [0.1, 0.15) is 30.9 Å². The summed E-state index contributed by atoms with van der Waals surface area (Å²) in [6, 6.07) is 8.61. The molecule has 1 aromatic carbocycles. The van der Waals surface area contributed by atoms with Crippen LogP contribution in [0.2, 0.25) is 0 Å². The summed E-state index contributed by atoms with van der Waals surface area (Å²) < 4.78 is 5.74. The van der Waals surface area contributed by atoms with E-state index in [4.69, 9.17) is 10.00 Å². The average Bonchev–Trinajstić information content (AvgIpc) is 2.86. The number of nitrogens with one attached hydrogen (secondary N) is 1. The third-order valence-corrected chi connectivity index (χ3v) is 3.74. The van der Waals surface area contributed by atoms with E-state index >= 15 is 0 Å². The van der Waals surface area contributed by atoms with Crippen molar-refractivity contribution in [2.75, 3.05) is 13.7 Å². The molecule has 1 aliphatic rings. The molecule has 0 heterocycles. The summed E-state index contributed by atoms with van der Waals surface area (Å²) in [6.07, 6.45) is 4.29. The topological polar surface area (TPSA) is 45.0 Å². The lowest BCUT2D eigenvalue weighted by atomic mass is 10.0. The Kier molecular flexibility index (Phi) is 3.88. The predicted molar refractivity (Wildman–Crippen MR) is 71.7 cm³/mol. The normalized spacial score (nSPS) is 16.7. The minimum Gasteiger partial charge on any atom is -0.493 e. The molecular weight excluding hydrogens is 224 g/mol. The molecule has 0 amide bonds. The summed E-state index contributed by atoms with van der Waals surface area (Å²) in [5.41, 5.74) is 2.38. The van der Waals surface area contributed by atoms with Gasteiger partial charge in [0, 0.05) is 6.42 Å². The molecule has 0 aliphatic heterocycles. The van der Waals surface area contributed by atoms with Crippen molar-refractivity contribution in [1.82, 2.24) is 5.32 Å². The van der Waals surface area contributed by atoms with E-state index in [0.717, 1.165) is 5.75 Å². The Balaban J connectivity index is 1.90. The van der Waals surface area contributed by atoms with Crippen LogP contribution in [-0.4, -0.2) is 19.2 Å². The van der Waals surface area contributed by atoms with Crippen molar-refractivity contribution in [1.29, 1.82) is 5.26 Å². The molecule has 0 saturated carbocycles. The van der Waals surface area contributed by atoms with Gasteiger partial charge in [0.15, 0.2) is 0 Å². The largest absolute Gasteiger partial charge is 0.493 e. The van der Waals surface area contributed by atoms with Crippen molar-refractivity contribution in [2.45, 2.75) is 38.1 Å².